The van der Waals surface area contributed by atoms with Gasteiger partial charge in [0.15, 0.2) is 0 Å². The second-order valence-electron chi connectivity index (χ2n) is 6.78. The lowest BCUT2D eigenvalue weighted by Gasteiger charge is -2.38. The molecule has 1 aliphatic carbocycles. The van der Waals surface area contributed by atoms with Crippen LogP contribution in [-0.4, -0.2) is 59.0 Å². The van der Waals surface area contributed by atoms with Crippen LogP contribution < -0.4 is 5.32 Å². The molecule has 1 saturated carbocycles. The summed E-state index contributed by atoms with van der Waals surface area (Å²) in [5.41, 5.74) is -0.0744. The third-order valence-electron chi connectivity index (χ3n) is 5.11. The van der Waals surface area contributed by atoms with Crippen molar-refractivity contribution in [3.63, 3.8) is 0 Å². The number of hydrogen-bond acceptors (Lipinski definition) is 4. The summed E-state index contributed by atoms with van der Waals surface area (Å²) in [4.78, 5) is 15.3. The molecule has 1 atom stereocenters. The third kappa shape index (κ3) is 3.93. The number of morpholine rings is 1. The number of carbonyl (C=O) groups is 1. The first-order chi connectivity index (χ1) is 11.2. The first-order valence-corrected chi connectivity index (χ1v) is 8.84. The summed E-state index contributed by atoms with van der Waals surface area (Å²) in [6.45, 7) is 6.51. The number of rotatable bonds is 6. The highest BCUT2D eigenvalue weighted by Gasteiger charge is 2.38. The zero-order valence-corrected chi connectivity index (χ0v) is 14.0. The molecule has 2 aliphatic rings. The largest absolute Gasteiger partial charge is 0.379 e. The maximum absolute atomic E-state index is 12.9. The minimum Gasteiger partial charge on any atom is -0.379 e. The molecule has 0 unspecified atom stereocenters. The van der Waals surface area contributed by atoms with E-state index in [0.29, 0.717) is 0 Å². The molecule has 1 amide bonds. The number of nitrogens with zero attached hydrogens (tertiary/aromatic N) is 3. The van der Waals surface area contributed by atoms with Crippen LogP contribution in [0.3, 0.4) is 0 Å². The summed E-state index contributed by atoms with van der Waals surface area (Å²) in [6.07, 6.45) is 8.90. The van der Waals surface area contributed by atoms with Gasteiger partial charge in [0, 0.05) is 32.0 Å². The Bertz CT molecular complexity index is 491. The van der Waals surface area contributed by atoms with Crippen molar-refractivity contribution in [1.29, 1.82) is 0 Å². The average molecular weight is 320 g/mol. The van der Waals surface area contributed by atoms with E-state index < -0.39 is 0 Å². The maximum atomic E-state index is 12.9. The molecule has 1 N–H and O–H groups in total. The van der Waals surface area contributed by atoms with Gasteiger partial charge in [-0.05, 0) is 25.3 Å². The molecule has 2 heterocycles. The van der Waals surface area contributed by atoms with Crippen molar-refractivity contribution in [3.8, 4) is 0 Å². The van der Waals surface area contributed by atoms with E-state index in [2.05, 4.69) is 15.3 Å². The standard InChI is InChI=1S/C17H28N4O2/c1-2-15(21-9-5-8-18-21)16(22)19-17(6-3-4-7-17)14-20-10-12-23-13-11-20/h5,8-9,15H,2-4,6-7,10-14H2,1H3,(H,19,22)/t15-/m0/s1. The molecule has 23 heavy (non-hydrogen) atoms. The Kier molecular flexibility index (Phi) is 5.33. The van der Waals surface area contributed by atoms with Gasteiger partial charge < -0.3 is 10.1 Å². The van der Waals surface area contributed by atoms with E-state index in [-0.39, 0.29) is 17.5 Å². The van der Waals surface area contributed by atoms with Crippen LogP contribution in [0.5, 0.6) is 0 Å². The van der Waals surface area contributed by atoms with Crippen LogP contribution in [0.15, 0.2) is 18.5 Å². The van der Waals surface area contributed by atoms with Crippen molar-refractivity contribution in [2.24, 2.45) is 0 Å². The van der Waals surface area contributed by atoms with Crippen LogP contribution in [0, 0.1) is 0 Å². The second-order valence-corrected chi connectivity index (χ2v) is 6.78. The molecule has 6 heteroatoms. The molecule has 2 fully saturated rings. The highest BCUT2D eigenvalue weighted by Crippen LogP contribution is 2.31. The van der Waals surface area contributed by atoms with Gasteiger partial charge >= 0.3 is 0 Å². The molecule has 0 spiro atoms. The van der Waals surface area contributed by atoms with E-state index >= 15 is 0 Å². The van der Waals surface area contributed by atoms with E-state index in [0.717, 1.165) is 52.1 Å². The molecule has 6 nitrogen and oxygen atoms in total. The highest BCUT2D eigenvalue weighted by molar-refractivity contribution is 5.81. The van der Waals surface area contributed by atoms with Gasteiger partial charge in [-0.2, -0.15) is 5.10 Å². The number of amides is 1. The molecule has 0 radical (unpaired) electrons. The number of ether oxygens (including phenoxy) is 1. The minimum atomic E-state index is -0.216. The topological polar surface area (TPSA) is 59.4 Å². The average Bonchev–Trinajstić information content (AvgIpc) is 3.22. The lowest BCUT2D eigenvalue weighted by molar-refractivity contribution is -0.127. The summed E-state index contributed by atoms with van der Waals surface area (Å²) in [7, 11) is 0. The molecule has 1 aliphatic heterocycles. The summed E-state index contributed by atoms with van der Waals surface area (Å²) in [5, 5.41) is 7.65. The van der Waals surface area contributed by atoms with Crippen LogP contribution in [0.2, 0.25) is 0 Å². The smallest absolute Gasteiger partial charge is 0.245 e. The van der Waals surface area contributed by atoms with E-state index in [9.17, 15) is 4.79 Å². The van der Waals surface area contributed by atoms with Gasteiger partial charge in [0.05, 0.1) is 18.8 Å². The molecule has 1 saturated heterocycles. The van der Waals surface area contributed by atoms with Crippen LogP contribution in [0.4, 0.5) is 0 Å². The second kappa shape index (κ2) is 7.45. The zero-order chi connectivity index (χ0) is 16.1. The Morgan fingerprint density at radius 1 is 1.35 bits per heavy atom. The molecular weight excluding hydrogens is 292 g/mol. The summed E-state index contributed by atoms with van der Waals surface area (Å²) < 4.78 is 7.21. The molecular formula is C17H28N4O2. The number of nitrogens with one attached hydrogen (secondary N) is 1. The first kappa shape index (κ1) is 16.5. The minimum absolute atomic E-state index is 0.0744. The van der Waals surface area contributed by atoms with Gasteiger partial charge in [-0.15, -0.1) is 0 Å². The molecule has 128 valence electrons. The van der Waals surface area contributed by atoms with Gasteiger partial charge in [-0.1, -0.05) is 19.8 Å². The van der Waals surface area contributed by atoms with Gasteiger partial charge in [0.1, 0.15) is 6.04 Å². The van der Waals surface area contributed by atoms with Gasteiger partial charge in [0.25, 0.3) is 0 Å². The number of hydrogen-bond donors (Lipinski definition) is 1. The third-order valence-corrected chi connectivity index (χ3v) is 5.11. The van der Waals surface area contributed by atoms with Gasteiger partial charge in [0.2, 0.25) is 5.91 Å². The Balaban J connectivity index is 1.67. The van der Waals surface area contributed by atoms with Gasteiger partial charge in [-0.3, -0.25) is 14.4 Å². The summed E-state index contributed by atoms with van der Waals surface area (Å²) in [5.74, 6) is 0.103. The van der Waals surface area contributed by atoms with E-state index in [4.69, 9.17) is 4.74 Å². The predicted molar refractivity (Wildman–Crippen MR) is 88.2 cm³/mol. The van der Waals surface area contributed by atoms with Gasteiger partial charge in [-0.25, -0.2) is 0 Å². The Hall–Kier alpha value is -1.40. The van der Waals surface area contributed by atoms with Crippen molar-refractivity contribution in [1.82, 2.24) is 20.0 Å². The first-order valence-electron chi connectivity index (χ1n) is 8.84. The fraction of sp³-hybridized carbons (Fsp3) is 0.765. The highest BCUT2D eigenvalue weighted by atomic mass is 16.5. The van der Waals surface area contributed by atoms with E-state index in [1.807, 2.05) is 19.2 Å². The Morgan fingerprint density at radius 2 is 2.09 bits per heavy atom. The monoisotopic (exact) mass is 320 g/mol. The summed E-state index contributed by atoms with van der Waals surface area (Å²) in [6, 6.07) is 1.65. The van der Waals surface area contributed by atoms with Crippen molar-refractivity contribution in [2.75, 3.05) is 32.8 Å². The molecule has 3 rings (SSSR count). The SMILES string of the molecule is CC[C@@H](C(=O)NC1(CN2CCOCC2)CCCC1)n1cccn1. The quantitative estimate of drug-likeness (QED) is 0.865. The fourth-order valence-electron chi connectivity index (χ4n) is 3.86. The summed E-state index contributed by atoms with van der Waals surface area (Å²) >= 11 is 0. The van der Waals surface area contributed by atoms with E-state index in [1.165, 1.54) is 12.8 Å². The fourth-order valence-corrected chi connectivity index (χ4v) is 3.86. The number of carbonyl (C=O) groups excluding carboxylic acids is 1. The lowest BCUT2D eigenvalue weighted by atomic mass is 9.95. The molecule has 1 aromatic rings. The van der Waals surface area contributed by atoms with Crippen LogP contribution in [0.25, 0.3) is 0 Å². The van der Waals surface area contributed by atoms with E-state index in [1.54, 1.807) is 10.9 Å². The van der Waals surface area contributed by atoms with Crippen molar-refractivity contribution in [3.05, 3.63) is 18.5 Å². The maximum Gasteiger partial charge on any atom is 0.245 e. The normalized spacial score (nSPS) is 22.8. The molecule has 0 aromatic carbocycles. The van der Waals surface area contributed by atoms with Crippen molar-refractivity contribution in [2.45, 2.75) is 50.6 Å². The van der Waals surface area contributed by atoms with Crippen LogP contribution in [0.1, 0.15) is 45.1 Å². The van der Waals surface area contributed by atoms with Crippen LogP contribution >= 0.6 is 0 Å². The van der Waals surface area contributed by atoms with Crippen LogP contribution in [-0.2, 0) is 9.53 Å². The van der Waals surface area contributed by atoms with Crippen molar-refractivity contribution < 1.29 is 9.53 Å². The molecule has 0 bridgehead atoms. The number of aromatic nitrogens is 2. The lowest BCUT2D eigenvalue weighted by Crippen LogP contribution is -2.56. The molecule has 1 aromatic heterocycles. The zero-order valence-electron chi connectivity index (χ0n) is 14.0. The predicted octanol–water partition coefficient (Wildman–Crippen LogP) is 1.60. The van der Waals surface area contributed by atoms with Crippen molar-refractivity contribution >= 4 is 5.91 Å². The Morgan fingerprint density at radius 3 is 2.70 bits per heavy atom. The Labute approximate surface area is 138 Å².